The number of hydrogen-bond acceptors (Lipinski definition) is 7. The van der Waals surface area contributed by atoms with E-state index in [1.807, 2.05) is 29.2 Å². The number of amides is 2. The van der Waals surface area contributed by atoms with Crippen molar-refractivity contribution in [1.82, 2.24) is 4.90 Å². The second-order valence-electron chi connectivity index (χ2n) is 8.65. The summed E-state index contributed by atoms with van der Waals surface area (Å²) in [4.78, 5) is 32.1. The fraction of sp³-hybridized carbons (Fsp3) is 0.462. The van der Waals surface area contributed by atoms with Crippen molar-refractivity contribution >= 4 is 23.2 Å². The van der Waals surface area contributed by atoms with Gasteiger partial charge in [-0.05, 0) is 30.7 Å². The molecule has 1 atom stereocenters. The molecular weight excluding hydrogens is 450 g/mol. The van der Waals surface area contributed by atoms with Crippen LogP contribution in [0, 0.1) is 5.92 Å². The second kappa shape index (κ2) is 10.8. The highest BCUT2D eigenvalue weighted by atomic mass is 16.5. The molecule has 0 radical (unpaired) electrons. The van der Waals surface area contributed by atoms with E-state index in [1.165, 1.54) is 21.3 Å². The lowest BCUT2D eigenvalue weighted by Crippen LogP contribution is -2.40. The van der Waals surface area contributed by atoms with E-state index >= 15 is 0 Å². The van der Waals surface area contributed by atoms with Crippen LogP contribution < -0.4 is 28.7 Å². The monoisotopic (exact) mass is 483 g/mol. The molecule has 0 aliphatic carbocycles. The van der Waals surface area contributed by atoms with Crippen LogP contribution in [0.5, 0.6) is 23.0 Å². The number of hydrogen-bond donors (Lipinski definition) is 0. The summed E-state index contributed by atoms with van der Waals surface area (Å²) in [7, 11) is 6.26. The van der Waals surface area contributed by atoms with Gasteiger partial charge < -0.3 is 33.6 Å². The van der Waals surface area contributed by atoms with Crippen LogP contribution in [0.1, 0.15) is 12.8 Å². The van der Waals surface area contributed by atoms with E-state index in [0.29, 0.717) is 42.6 Å². The van der Waals surface area contributed by atoms with E-state index in [1.54, 1.807) is 24.1 Å². The molecule has 2 amide bonds. The number of anilines is 2. The lowest BCUT2D eigenvalue weighted by Gasteiger charge is -2.25. The topological polar surface area (TPSA) is 80.8 Å². The van der Waals surface area contributed by atoms with E-state index in [4.69, 9.17) is 18.9 Å². The van der Waals surface area contributed by atoms with Gasteiger partial charge >= 0.3 is 0 Å². The molecule has 2 aliphatic heterocycles. The van der Waals surface area contributed by atoms with Gasteiger partial charge in [-0.1, -0.05) is 0 Å². The summed E-state index contributed by atoms with van der Waals surface area (Å²) in [6.45, 7) is 3.25. The molecule has 35 heavy (non-hydrogen) atoms. The molecule has 2 aromatic carbocycles. The molecule has 0 spiro atoms. The largest absolute Gasteiger partial charge is 0.497 e. The Hall–Kier alpha value is -3.62. The molecule has 9 heteroatoms. The average Bonchev–Trinajstić information content (AvgIpc) is 3.12. The zero-order chi connectivity index (χ0) is 24.9. The smallest absolute Gasteiger partial charge is 0.228 e. The van der Waals surface area contributed by atoms with Gasteiger partial charge in [-0.2, -0.15) is 0 Å². The number of ether oxygens (including phenoxy) is 4. The van der Waals surface area contributed by atoms with Gasteiger partial charge in [-0.15, -0.1) is 0 Å². The Morgan fingerprint density at radius 3 is 2.11 bits per heavy atom. The summed E-state index contributed by atoms with van der Waals surface area (Å²) in [6.07, 6.45) is 1.06. The van der Waals surface area contributed by atoms with E-state index < -0.39 is 0 Å². The van der Waals surface area contributed by atoms with Crippen molar-refractivity contribution in [2.75, 3.05) is 71.0 Å². The highest BCUT2D eigenvalue weighted by Gasteiger charge is 2.38. The zero-order valence-electron chi connectivity index (χ0n) is 20.8. The molecule has 2 heterocycles. The second-order valence-corrected chi connectivity index (χ2v) is 8.65. The first-order valence-corrected chi connectivity index (χ1v) is 11.8. The minimum Gasteiger partial charge on any atom is -0.497 e. The Labute approximate surface area is 206 Å². The summed E-state index contributed by atoms with van der Waals surface area (Å²) in [5.74, 6) is 1.78. The Bertz CT molecular complexity index is 1030. The molecule has 9 nitrogen and oxygen atoms in total. The van der Waals surface area contributed by atoms with Crippen molar-refractivity contribution < 1.29 is 28.5 Å². The Morgan fingerprint density at radius 2 is 1.51 bits per heavy atom. The summed E-state index contributed by atoms with van der Waals surface area (Å²) in [5.41, 5.74) is 1.74. The molecule has 2 aliphatic rings. The molecule has 1 unspecified atom stereocenters. The molecule has 2 fully saturated rings. The first-order chi connectivity index (χ1) is 17.0. The molecule has 4 rings (SSSR count). The van der Waals surface area contributed by atoms with Crippen molar-refractivity contribution in [3.05, 3.63) is 36.4 Å². The molecule has 188 valence electrons. The number of nitrogens with zero attached hydrogens (tertiary/aromatic N) is 3. The van der Waals surface area contributed by atoms with Crippen molar-refractivity contribution in [2.24, 2.45) is 5.92 Å². The molecule has 2 saturated heterocycles. The maximum Gasteiger partial charge on any atom is 0.228 e. The van der Waals surface area contributed by atoms with E-state index in [9.17, 15) is 9.59 Å². The summed E-state index contributed by atoms with van der Waals surface area (Å²) in [6, 6.07) is 11.5. The minimum absolute atomic E-state index is 0.0323. The third-order valence-electron chi connectivity index (χ3n) is 6.68. The van der Waals surface area contributed by atoms with Gasteiger partial charge in [0.25, 0.3) is 0 Å². The highest BCUT2D eigenvalue weighted by Crippen LogP contribution is 2.42. The van der Waals surface area contributed by atoms with Crippen LogP contribution in [0.4, 0.5) is 11.4 Å². The van der Waals surface area contributed by atoms with Gasteiger partial charge in [0.1, 0.15) is 5.75 Å². The molecular formula is C26H33N3O6. The first-order valence-electron chi connectivity index (χ1n) is 11.8. The van der Waals surface area contributed by atoms with E-state index in [2.05, 4.69) is 4.90 Å². The molecule has 0 aromatic heterocycles. The van der Waals surface area contributed by atoms with Gasteiger partial charge in [0.15, 0.2) is 11.5 Å². The third kappa shape index (κ3) is 5.08. The summed E-state index contributed by atoms with van der Waals surface area (Å²) >= 11 is 0. The highest BCUT2D eigenvalue weighted by molar-refractivity contribution is 6.00. The quantitative estimate of drug-likeness (QED) is 0.599. The molecule has 2 aromatic rings. The van der Waals surface area contributed by atoms with Gasteiger partial charge in [-0.25, -0.2) is 0 Å². The van der Waals surface area contributed by atoms with Crippen molar-refractivity contribution in [1.29, 1.82) is 0 Å². The zero-order valence-corrected chi connectivity index (χ0v) is 20.8. The minimum atomic E-state index is -0.380. The number of carbonyl (C=O) groups is 2. The molecule has 0 N–H and O–H groups in total. The van der Waals surface area contributed by atoms with Crippen molar-refractivity contribution in [3.8, 4) is 23.0 Å². The van der Waals surface area contributed by atoms with Crippen LogP contribution in [0.2, 0.25) is 0 Å². The predicted molar refractivity (Wildman–Crippen MR) is 133 cm³/mol. The van der Waals surface area contributed by atoms with Gasteiger partial charge in [-0.3, -0.25) is 9.59 Å². The van der Waals surface area contributed by atoms with Crippen LogP contribution in [0.3, 0.4) is 0 Å². The van der Waals surface area contributed by atoms with Crippen molar-refractivity contribution in [2.45, 2.75) is 12.8 Å². The van der Waals surface area contributed by atoms with E-state index in [0.717, 1.165) is 30.9 Å². The number of benzene rings is 2. The Kier molecular flexibility index (Phi) is 7.53. The Balaban J connectivity index is 1.43. The van der Waals surface area contributed by atoms with Crippen LogP contribution >= 0.6 is 0 Å². The fourth-order valence-corrected chi connectivity index (χ4v) is 4.79. The van der Waals surface area contributed by atoms with Crippen molar-refractivity contribution in [3.63, 3.8) is 0 Å². The summed E-state index contributed by atoms with van der Waals surface area (Å²) < 4.78 is 21.5. The standard InChI is InChI=1S/C26H33N3O6/c1-32-21-8-6-19(7-9-21)27-10-5-11-28(13-12-27)26(31)18-14-24(30)29(17-18)20-15-22(33-2)25(35-4)23(16-20)34-3/h6-9,15-16,18H,5,10-14,17H2,1-4H3. The van der Waals surface area contributed by atoms with E-state index in [-0.39, 0.29) is 24.2 Å². The summed E-state index contributed by atoms with van der Waals surface area (Å²) in [5, 5.41) is 0. The maximum absolute atomic E-state index is 13.4. The SMILES string of the molecule is COc1ccc(N2CCCN(C(=O)C3CC(=O)N(c4cc(OC)c(OC)c(OC)c4)C3)CC2)cc1. The lowest BCUT2D eigenvalue weighted by atomic mass is 10.1. The number of carbonyl (C=O) groups excluding carboxylic acids is 2. The number of rotatable bonds is 7. The Morgan fingerprint density at radius 1 is 0.829 bits per heavy atom. The van der Waals surface area contributed by atoms with Crippen LogP contribution in [0.25, 0.3) is 0 Å². The maximum atomic E-state index is 13.4. The average molecular weight is 484 g/mol. The van der Waals surface area contributed by atoms with Crippen LogP contribution in [-0.4, -0.2) is 77.9 Å². The normalized spacial score (nSPS) is 18.3. The lowest BCUT2D eigenvalue weighted by molar-refractivity contribution is -0.135. The fourth-order valence-electron chi connectivity index (χ4n) is 4.79. The van der Waals surface area contributed by atoms with Crippen LogP contribution in [0.15, 0.2) is 36.4 Å². The third-order valence-corrected chi connectivity index (χ3v) is 6.68. The molecule has 0 bridgehead atoms. The van der Waals surface area contributed by atoms with Crippen LogP contribution in [-0.2, 0) is 9.59 Å². The molecule has 0 saturated carbocycles. The van der Waals surface area contributed by atoms with Gasteiger partial charge in [0, 0.05) is 57.0 Å². The predicted octanol–water partition coefficient (Wildman–Crippen LogP) is 2.81. The van der Waals surface area contributed by atoms with Gasteiger partial charge in [0.2, 0.25) is 17.6 Å². The van der Waals surface area contributed by atoms with Gasteiger partial charge in [0.05, 0.1) is 40.0 Å². The number of methoxy groups -OCH3 is 4. The first kappa shape index (κ1) is 24.5.